The molecule has 2 heterocycles. The quantitative estimate of drug-likeness (QED) is 0.852. The number of benzene rings is 1. The summed E-state index contributed by atoms with van der Waals surface area (Å²) in [6.45, 7) is 3.61. The summed E-state index contributed by atoms with van der Waals surface area (Å²) in [5, 5.41) is 8.82. The van der Waals surface area contributed by atoms with E-state index in [4.69, 9.17) is 9.52 Å². The Hall–Kier alpha value is -1.39. The molecule has 2 aromatic rings. The number of piperidine rings is 1. The van der Waals surface area contributed by atoms with Crippen molar-refractivity contribution in [2.75, 3.05) is 26.2 Å². The van der Waals surface area contributed by atoms with Crippen molar-refractivity contribution in [2.45, 2.75) is 31.6 Å². The zero-order valence-electron chi connectivity index (χ0n) is 11.8. The van der Waals surface area contributed by atoms with E-state index in [2.05, 4.69) is 9.88 Å². The van der Waals surface area contributed by atoms with Gasteiger partial charge in [0.1, 0.15) is 5.52 Å². The van der Waals surface area contributed by atoms with Crippen LogP contribution in [0.5, 0.6) is 0 Å². The van der Waals surface area contributed by atoms with Gasteiger partial charge in [-0.05, 0) is 57.5 Å². The Labute approximate surface area is 119 Å². The SMILES string of the molecule is OCCCCN1CCC(c2nc3ccccc3o2)CC1. The van der Waals surface area contributed by atoms with Crippen molar-refractivity contribution in [1.29, 1.82) is 0 Å². The molecule has 0 amide bonds. The minimum atomic E-state index is 0.305. The number of aliphatic hydroxyl groups excluding tert-OH is 1. The molecule has 1 aromatic carbocycles. The highest BCUT2D eigenvalue weighted by atomic mass is 16.3. The lowest BCUT2D eigenvalue weighted by atomic mass is 9.96. The topological polar surface area (TPSA) is 49.5 Å². The Kier molecular flexibility index (Phi) is 4.33. The second-order valence-electron chi connectivity index (χ2n) is 5.57. The molecular weight excluding hydrogens is 252 g/mol. The fraction of sp³-hybridized carbons (Fsp3) is 0.562. The summed E-state index contributed by atoms with van der Waals surface area (Å²) in [6, 6.07) is 7.97. The van der Waals surface area contributed by atoms with Crippen LogP contribution in [0.2, 0.25) is 0 Å². The number of nitrogens with zero attached hydrogens (tertiary/aromatic N) is 2. The minimum Gasteiger partial charge on any atom is -0.440 e. The summed E-state index contributed by atoms with van der Waals surface area (Å²) < 4.78 is 5.88. The lowest BCUT2D eigenvalue weighted by molar-refractivity contribution is 0.190. The molecule has 0 bridgehead atoms. The first kappa shape index (κ1) is 13.6. The van der Waals surface area contributed by atoms with Gasteiger partial charge >= 0.3 is 0 Å². The Morgan fingerprint density at radius 3 is 2.75 bits per heavy atom. The fourth-order valence-electron chi connectivity index (χ4n) is 2.92. The summed E-state index contributed by atoms with van der Waals surface area (Å²) in [5.74, 6) is 1.36. The first-order valence-corrected chi connectivity index (χ1v) is 7.55. The molecule has 0 radical (unpaired) electrons. The number of aromatic nitrogens is 1. The fourth-order valence-corrected chi connectivity index (χ4v) is 2.92. The molecule has 3 rings (SSSR count). The largest absolute Gasteiger partial charge is 0.440 e. The zero-order valence-corrected chi connectivity index (χ0v) is 11.8. The molecule has 108 valence electrons. The first-order valence-electron chi connectivity index (χ1n) is 7.55. The van der Waals surface area contributed by atoms with Crippen molar-refractivity contribution in [3.05, 3.63) is 30.2 Å². The third-order valence-electron chi connectivity index (χ3n) is 4.13. The summed E-state index contributed by atoms with van der Waals surface area (Å²) in [7, 11) is 0. The molecule has 0 spiro atoms. The highest BCUT2D eigenvalue weighted by Crippen LogP contribution is 2.29. The Morgan fingerprint density at radius 2 is 2.00 bits per heavy atom. The van der Waals surface area contributed by atoms with Gasteiger partial charge < -0.3 is 14.4 Å². The van der Waals surface area contributed by atoms with Gasteiger partial charge in [0.2, 0.25) is 0 Å². The minimum absolute atomic E-state index is 0.305. The zero-order chi connectivity index (χ0) is 13.8. The van der Waals surface area contributed by atoms with Gasteiger partial charge in [0.05, 0.1) is 0 Å². The van der Waals surface area contributed by atoms with E-state index in [9.17, 15) is 0 Å². The standard InChI is InChI=1S/C16H22N2O2/c19-12-4-3-9-18-10-7-13(8-11-18)16-17-14-5-1-2-6-15(14)20-16/h1-2,5-6,13,19H,3-4,7-12H2. The van der Waals surface area contributed by atoms with Crippen molar-refractivity contribution >= 4 is 11.1 Å². The number of para-hydroxylation sites is 2. The molecular formula is C16H22N2O2. The molecule has 20 heavy (non-hydrogen) atoms. The van der Waals surface area contributed by atoms with Crippen LogP contribution in [0.15, 0.2) is 28.7 Å². The smallest absolute Gasteiger partial charge is 0.198 e. The lowest BCUT2D eigenvalue weighted by Gasteiger charge is -2.30. The third kappa shape index (κ3) is 3.02. The highest BCUT2D eigenvalue weighted by Gasteiger charge is 2.24. The lowest BCUT2D eigenvalue weighted by Crippen LogP contribution is -2.33. The summed E-state index contributed by atoms with van der Waals surface area (Å²) in [5.41, 5.74) is 1.86. The average Bonchev–Trinajstić information content (AvgIpc) is 2.92. The van der Waals surface area contributed by atoms with Crippen LogP contribution in [-0.2, 0) is 0 Å². The van der Waals surface area contributed by atoms with Crippen LogP contribution in [0.4, 0.5) is 0 Å². The number of hydrogen-bond acceptors (Lipinski definition) is 4. The molecule has 1 N–H and O–H groups in total. The summed E-state index contributed by atoms with van der Waals surface area (Å²) in [6.07, 6.45) is 4.23. The molecule has 4 heteroatoms. The van der Waals surface area contributed by atoms with Gasteiger partial charge in [0, 0.05) is 12.5 Å². The van der Waals surface area contributed by atoms with Gasteiger partial charge in [0.15, 0.2) is 11.5 Å². The molecule has 1 aromatic heterocycles. The van der Waals surface area contributed by atoms with Gasteiger partial charge in [-0.15, -0.1) is 0 Å². The van der Waals surface area contributed by atoms with Crippen LogP contribution >= 0.6 is 0 Å². The number of likely N-dealkylation sites (tertiary alicyclic amines) is 1. The molecule has 4 nitrogen and oxygen atoms in total. The number of aliphatic hydroxyl groups is 1. The molecule has 1 fully saturated rings. The maximum absolute atomic E-state index is 8.82. The predicted octanol–water partition coefficient (Wildman–Crippen LogP) is 2.78. The number of oxazole rings is 1. The van der Waals surface area contributed by atoms with E-state index in [0.29, 0.717) is 12.5 Å². The van der Waals surface area contributed by atoms with Crippen LogP contribution in [0.25, 0.3) is 11.1 Å². The van der Waals surface area contributed by atoms with Crippen molar-refractivity contribution < 1.29 is 9.52 Å². The predicted molar refractivity (Wildman–Crippen MR) is 78.7 cm³/mol. The molecule has 1 saturated heterocycles. The molecule has 0 atom stereocenters. The molecule has 0 saturated carbocycles. The van der Waals surface area contributed by atoms with Crippen molar-refractivity contribution in [2.24, 2.45) is 0 Å². The van der Waals surface area contributed by atoms with Crippen molar-refractivity contribution in [3.63, 3.8) is 0 Å². The van der Waals surface area contributed by atoms with Gasteiger partial charge in [-0.2, -0.15) is 0 Å². The summed E-state index contributed by atoms with van der Waals surface area (Å²) >= 11 is 0. The number of rotatable bonds is 5. The molecule has 0 unspecified atom stereocenters. The van der Waals surface area contributed by atoms with Crippen LogP contribution in [0.1, 0.15) is 37.5 Å². The van der Waals surface area contributed by atoms with E-state index in [1.54, 1.807) is 0 Å². The van der Waals surface area contributed by atoms with Crippen molar-refractivity contribution in [3.8, 4) is 0 Å². The maximum Gasteiger partial charge on any atom is 0.198 e. The monoisotopic (exact) mass is 274 g/mol. The first-order chi connectivity index (χ1) is 9.86. The Bertz CT molecular complexity index is 511. The van der Waals surface area contributed by atoms with Crippen LogP contribution < -0.4 is 0 Å². The van der Waals surface area contributed by atoms with E-state index in [0.717, 1.165) is 62.3 Å². The summed E-state index contributed by atoms with van der Waals surface area (Å²) in [4.78, 5) is 7.10. The second-order valence-corrected chi connectivity index (χ2v) is 5.57. The number of fused-ring (bicyclic) bond motifs is 1. The van der Waals surface area contributed by atoms with Crippen LogP contribution in [0.3, 0.4) is 0 Å². The van der Waals surface area contributed by atoms with E-state index >= 15 is 0 Å². The van der Waals surface area contributed by atoms with Gasteiger partial charge in [-0.1, -0.05) is 12.1 Å². The maximum atomic E-state index is 8.82. The van der Waals surface area contributed by atoms with Crippen molar-refractivity contribution in [1.82, 2.24) is 9.88 Å². The molecule has 1 aliphatic heterocycles. The highest BCUT2D eigenvalue weighted by molar-refractivity contribution is 5.72. The van der Waals surface area contributed by atoms with Crippen LogP contribution in [-0.4, -0.2) is 41.2 Å². The molecule has 1 aliphatic rings. The molecule has 0 aliphatic carbocycles. The Morgan fingerprint density at radius 1 is 1.20 bits per heavy atom. The average molecular weight is 274 g/mol. The number of hydrogen-bond donors (Lipinski definition) is 1. The van der Waals surface area contributed by atoms with Gasteiger partial charge in [0.25, 0.3) is 0 Å². The van der Waals surface area contributed by atoms with E-state index in [-0.39, 0.29) is 0 Å². The number of unbranched alkanes of at least 4 members (excludes halogenated alkanes) is 1. The van der Waals surface area contributed by atoms with E-state index in [1.807, 2.05) is 24.3 Å². The van der Waals surface area contributed by atoms with Crippen LogP contribution in [0, 0.1) is 0 Å². The third-order valence-corrected chi connectivity index (χ3v) is 4.13. The van der Waals surface area contributed by atoms with E-state index < -0.39 is 0 Å². The second kappa shape index (κ2) is 6.37. The van der Waals surface area contributed by atoms with Gasteiger partial charge in [-0.3, -0.25) is 0 Å². The van der Waals surface area contributed by atoms with E-state index in [1.165, 1.54) is 0 Å². The normalized spacial score (nSPS) is 17.9. The Balaban J connectivity index is 1.57. The van der Waals surface area contributed by atoms with Gasteiger partial charge in [-0.25, -0.2) is 4.98 Å².